The minimum atomic E-state index is -0.532. The van der Waals surface area contributed by atoms with E-state index in [4.69, 9.17) is 0 Å². The second kappa shape index (κ2) is 4.82. The van der Waals surface area contributed by atoms with E-state index >= 15 is 0 Å². The molecule has 2 heterocycles. The number of hydrogen-bond acceptors (Lipinski definition) is 3. The molecule has 0 aliphatic rings. The molecule has 0 bridgehead atoms. The van der Waals surface area contributed by atoms with Crippen LogP contribution in [0.15, 0.2) is 48.8 Å². The molecule has 0 aliphatic heterocycles. The Morgan fingerprint density at radius 1 is 1.21 bits per heavy atom. The highest BCUT2D eigenvalue weighted by Crippen LogP contribution is 2.19. The van der Waals surface area contributed by atoms with E-state index in [0.29, 0.717) is 6.42 Å². The minimum absolute atomic E-state index is 0.519. The van der Waals surface area contributed by atoms with Crippen LogP contribution in [-0.4, -0.2) is 19.7 Å². The fourth-order valence-corrected chi connectivity index (χ4v) is 2.28. The van der Waals surface area contributed by atoms with Gasteiger partial charge in [0.15, 0.2) is 5.65 Å². The Kier molecular flexibility index (Phi) is 3.01. The Morgan fingerprint density at radius 2 is 2.00 bits per heavy atom. The lowest BCUT2D eigenvalue weighted by Gasteiger charge is -2.12. The highest BCUT2D eigenvalue weighted by atomic mass is 16.3. The summed E-state index contributed by atoms with van der Waals surface area (Å²) in [6, 6.07) is 13.7. The lowest BCUT2D eigenvalue weighted by Crippen LogP contribution is -2.07. The zero-order chi connectivity index (χ0) is 13.2. The van der Waals surface area contributed by atoms with Crippen LogP contribution >= 0.6 is 0 Å². The molecule has 0 saturated heterocycles. The van der Waals surface area contributed by atoms with Crippen molar-refractivity contribution in [2.75, 3.05) is 0 Å². The number of aliphatic hydroxyl groups excluding tert-OH is 1. The quantitative estimate of drug-likeness (QED) is 0.779. The summed E-state index contributed by atoms with van der Waals surface area (Å²) in [7, 11) is 0. The molecule has 3 aromatic rings. The van der Waals surface area contributed by atoms with E-state index in [-0.39, 0.29) is 0 Å². The van der Waals surface area contributed by atoms with E-state index < -0.39 is 6.10 Å². The Hall–Kier alpha value is -2.20. The number of nitrogens with zero attached hydrogens (tertiary/aromatic N) is 3. The number of aliphatic hydroxyl groups is 1. The summed E-state index contributed by atoms with van der Waals surface area (Å²) in [6.07, 6.45) is 1.52. The highest BCUT2D eigenvalue weighted by molar-refractivity contribution is 5.41. The van der Waals surface area contributed by atoms with Crippen molar-refractivity contribution in [1.29, 1.82) is 0 Å². The van der Waals surface area contributed by atoms with Gasteiger partial charge in [0.1, 0.15) is 6.33 Å². The number of hydrogen-bond donors (Lipinski definition) is 1. The number of aromatic nitrogens is 3. The summed E-state index contributed by atoms with van der Waals surface area (Å²) in [5.41, 5.74) is 3.81. The van der Waals surface area contributed by atoms with Crippen LogP contribution in [0.3, 0.4) is 0 Å². The van der Waals surface area contributed by atoms with Gasteiger partial charge in [-0.15, -0.1) is 0 Å². The number of pyridine rings is 1. The Balaban J connectivity index is 1.95. The molecule has 1 unspecified atom stereocenters. The summed E-state index contributed by atoms with van der Waals surface area (Å²) in [4.78, 5) is 4.19. The Morgan fingerprint density at radius 3 is 2.79 bits per heavy atom. The molecular weight excluding hydrogens is 238 g/mol. The zero-order valence-corrected chi connectivity index (χ0v) is 10.7. The maximum Gasteiger partial charge on any atom is 0.155 e. The molecule has 0 aliphatic carbocycles. The van der Waals surface area contributed by atoms with Crippen LogP contribution in [0.5, 0.6) is 0 Å². The van der Waals surface area contributed by atoms with Crippen LogP contribution in [0.4, 0.5) is 0 Å². The van der Waals surface area contributed by atoms with Crippen molar-refractivity contribution in [2.24, 2.45) is 0 Å². The summed E-state index contributed by atoms with van der Waals surface area (Å²) in [5.74, 6) is 0. The van der Waals surface area contributed by atoms with Crippen LogP contribution in [0.1, 0.15) is 22.9 Å². The summed E-state index contributed by atoms with van der Waals surface area (Å²) in [5, 5.41) is 14.5. The first kappa shape index (κ1) is 11.9. The number of rotatable bonds is 3. The van der Waals surface area contributed by atoms with Crippen molar-refractivity contribution < 1.29 is 5.11 Å². The van der Waals surface area contributed by atoms with Gasteiger partial charge in [-0.25, -0.2) is 9.50 Å². The average molecular weight is 253 g/mol. The molecule has 1 N–H and O–H groups in total. The number of aryl methyl sites for hydroxylation is 1. The zero-order valence-electron chi connectivity index (χ0n) is 10.7. The van der Waals surface area contributed by atoms with E-state index in [1.807, 2.05) is 49.4 Å². The predicted molar refractivity (Wildman–Crippen MR) is 72.8 cm³/mol. The van der Waals surface area contributed by atoms with Gasteiger partial charge in [0.05, 0.1) is 6.10 Å². The van der Waals surface area contributed by atoms with Gasteiger partial charge in [0.2, 0.25) is 0 Å². The average Bonchev–Trinajstić information content (AvgIpc) is 2.88. The molecule has 96 valence electrons. The molecule has 1 atom stereocenters. The Labute approximate surface area is 111 Å². The van der Waals surface area contributed by atoms with Gasteiger partial charge < -0.3 is 5.11 Å². The molecule has 0 amide bonds. The van der Waals surface area contributed by atoms with Gasteiger partial charge in [-0.05, 0) is 30.2 Å². The van der Waals surface area contributed by atoms with E-state index in [2.05, 4.69) is 10.1 Å². The molecule has 0 saturated carbocycles. The molecule has 0 spiro atoms. The van der Waals surface area contributed by atoms with E-state index in [1.165, 1.54) is 6.33 Å². The van der Waals surface area contributed by atoms with Gasteiger partial charge in [0.25, 0.3) is 0 Å². The van der Waals surface area contributed by atoms with Crippen molar-refractivity contribution in [3.05, 3.63) is 65.6 Å². The standard InChI is InChI=1S/C15H15N3O/c1-11-7-13(18-15(8-11)16-10-17-18)9-14(19)12-5-3-2-4-6-12/h2-8,10,14,19H,9H2,1H3. The van der Waals surface area contributed by atoms with Gasteiger partial charge in [-0.2, -0.15) is 5.10 Å². The van der Waals surface area contributed by atoms with Crippen LogP contribution in [0.25, 0.3) is 5.65 Å². The molecule has 4 heteroatoms. The van der Waals surface area contributed by atoms with Gasteiger partial charge in [-0.3, -0.25) is 0 Å². The topological polar surface area (TPSA) is 50.4 Å². The minimum Gasteiger partial charge on any atom is -0.388 e. The SMILES string of the molecule is Cc1cc(CC(O)c2ccccc2)n2ncnc2c1. The predicted octanol–water partition coefficient (Wildman–Crippen LogP) is 2.31. The summed E-state index contributed by atoms with van der Waals surface area (Å²) < 4.78 is 1.78. The second-order valence-corrected chi connectivity index (χ2v) is 4.68. The monoisotopic (exact) mass is 253 g/mol. The number of benzene rings is 1. The van der Waals surface area contributed by atoms with Crippen LogP contribution in [-0.2, 0) is 6.42 Å². The third-order valence-corrected chi connectivity index (χ3v) is 3.18. The van der Waals surface area contributed by atoms with E-state index in [1.54, 1.807) is 4.52 Å². The van der Waals surface area contributed by atoms with Gasteiger partial charge >= 0.3 is 0 Å². The molecule has 3 rings (SSSR count). The largest absolute Gasteiger partial charge is 0.388 e. The van der Waals surface area contributed by atoms with Crippen molar-refractivity contribution in [3.8, 4) is 0 Å². The first-order chi connectivity index (χ1) is 9.24. The third kappa shape index (κ3) is 2.35. The molecule has 1 aromatic carbocycles. The summed E-state index contributed by atoms with van der Waals surface area (Å²) >= 11 is 0. The first-order valence-corrected chi connectivity index (χ1v) is 6.26. The van der Waals surface area contributed by atoms with E-state index in [9.17, 15) is 5.11 Å². The van der Waals surface area contributed by atoms with Crippen LogP contribution in [0.2, 0.25) is 0 Å². The molecule has 2 aromatic heterocycles. The highest BCUT2D eigenvalue weighted by Gasteiger charge is 2.12. The van der Waals surface area contributed by atoms with Crippen molar-refractivity contribution in [3.63, 3.8) is 0 Å². The van der Waals surface area contributed by atoms with Crippen LogP contribution < -0.4 is 0 Å². The molecule has 4 nitrogen and oxygen atoms in total. The molecule has 19 heavy (non-hydrogen) atoms. The van der Waals surface area contributed by atoms with Crippen molar-refractivity contribution >= 4 is 5.65 Å². The maximum atomic E-state index is 10.3. The molecular formula is C15H15N3O. The Bertz CT molecular complexity index is 691. The smallest absolute Gasteiger partial charge is 0.155 e. The van der Waals surface area contributed by atoms with Crippen molar-refractivity contribution in [2.45, 2.75) is 19.4 Å². The lowest BCUT2D eigenvalue weighted by atomic mass is 10.0. The maximum absolute atomic E-state index is 10.3. The van der Waals surface area contributed by atoms with Crippen LogP contribution in [0, 0.1) is 6.92 Å². The fourth-order valence-electron chi connectivity index (χ4n) is 2.28. The van der Waals surface area contributed by atoms with E-state index in [0.717, 1.165) is 22.5 Å². The molecule has 0 radical (unpaired) electrons. The molecule has 0 fully saturated rings. The lowest BCUT2D eigenvalue weighted by molar-refractivity contribution is 0.176. The summed E-state index contributed by atoms with van der Waals surface area (Å²) in [6.45, 7) is 2.02. The normalized spacial score (nSPS) is 12.7. The fraction of sp³-hybridized carbons (Fsp3) is 0.200. The second-order valence-electron chi connectivity index (χ2n) is 4.68. The number of fused-ring (bicyclic) bond motifs is 1. The third-order valence-electron chi connectivity index (χ3n) is 3.18. The first-order valence-electron chi connectivity index (χ1n) is 6.26. The van der Waals surface area contributed by atoms with Crippen molar-refractivity contribution in [1.82, 2.24) is 14.6 Å². The van der Waals surface area contributed by atoms with Gasteiger partial charge in [0, 0.05) is 12.1 Å². The van der Waals surface area contributed by atoms with Gasteiger partial charge in [-0.1, -0.05) is 30.3 Å².